The zero-order valence-electron chi connectivity index (χ0n) is 11.1. The number of rotatable bonds is 5. The fourth-order valence-electron chi connectivity index (χ4n) is 1.86. The number of aromatic nitrogens is 2. The molecule has 1 heterocycles. The highest BCUT2D eigenvalue weighted by molar-refractivity contribution is 5.82. The Morgan fingerprint density at radius 1 is 1.37 bits per heavy atom. The third-order valence-corrected chi connectivity index (χ3v) is 2.93. The number of carbonyl (C=O) groups is 1. The summed E-state index contributed by atoms with van der Waals surface area (Å²) in [6.07, 6.45) is 2.72. The van der Waals surface area contributed by atoms with Gasteiger partial charge in [0.1, 0.15) is 12.1 Å². The molecule has 0 atom stereocenters. The lowest BCUT2D eigenvalue weighted by Crippen LogP contribution is -2.24. The standard InChI is InChI=1S/C14H17N3O2/c1-3-14(18)15-7-6-13-11-8-10(19-2)4-5-12(11)16-9-17-13/h4-5,8-9H,3,6-7H2,1-2H3,(H,15,18). The van der Waals surface area contributed by atoms with E-state index in [2.05, 4.69) is 15.3 Å². The van der Waals surface area contributed by atoms with Gasteiger partial charge in [0, 0.05) is 24.8 Å². The van der Waals surface area contributed by atoms with Crippen molar-refractivity contribution in [1.29, 1.82) is 0 Å². The highest BCUT2D eigenvalue weighted by Crippen LogP contribution is 2.21. The Kier molecular flexibility index (Phi) is 4.28. The summed E-state index contributed by atoms with van der Waals surface area (Å²) in [6.45, 7) is 2.41. The lowest BCUT2D eigenvalue weighted by molar-refractivity contribution is -0.120. The summed E-state index contributed by atoms with van der Waals surface area (Å²) in [7, 11) is 1.63. The van der Waals surface area contributed by atoms with Crippen LogP contribution in [0.1, 0.15) is 19.0 Å². The Morgan fingerprint density at radius 3 is 2.95 bits per heavy atom. The quantitative estimate of drug-likeness (QED) is 0.887. The van der Waals surface area contributed by atoms with Crippen LogP contribution >= 0.6 is 0 Å². The number of fused-ring (bicyclic) bond motifs is 1. The van der Waals surface area contributed by atoms with Crippen LogP contribution in [0.5, 0.6) is 5.75 Å². The summed E-state index contributed by atoms with van der Waals surface area (Å²) in [4.78, 5) is 19.7. The lowest BCUT2D eigenvalue weighted by Gasteiger charge is -2.07. The van der Waals surface area contributed by atoms with Crippen molar-refractivity contribution >= 4 is 16.8 Å². The van der Waals surface area contributed by atoms with Gasteiger partial charge in [0.25, 0.3) is 0 Å². The van der Waals surface area contributed by atoms with Crippen LogP contribution in [-0.2, 0) is 11.2 Å². The first kappa shape index (κ1) is 13.3. The molecule has 0 saturated carbocycles. The maximum Gasteiger partial charge on any atom is 0.219 e. The van der Waals surface area contributed by atoms with Crippen LogP contribution in [0.3, 0.4) is 0 Å². The second-order valence-corrected chi connectivity index (χ2v) is 4.16. The van der Waals surface area contributed by atoms with Crippen molar-refractivity contribution in [3.8, 4) is 5.75 Å². The Bertz CT molecular complexity index is 584. The molecule has 1 amide bonds. The van der Waals surface area contributed by atoms with Crippen LogP contribution in [0.15, 0.2) is 24.5 Å². The first-order chi connectivity index (χ1) is 9.24. The van der Waals surface area contributed by atoms with Crippen molar-refractivity contribution in [3.05, 3.63) is 30.2 Å². The van der Waals surface area contributed by atoms with Crippen molar-refractivity contribution in [1.82, 2.24) is 15.3 Å². The molecule has 100 valence electrons. The molecule has 1 aromatic heterocycles. The van der Waals surface area contributed by atoms with Crippen molar-refractivity contribution in [2.75, 3.05) is 13.7 Å². The maximum absolute atomic E-state index is 11.2. The maximum atomic E-state index is 11.2. The van der Waals surface area contributed by atoms with Crippen LogP contribution in [0.2, 0.25) is 0 Å². The molecule has 2 rings (SSSR count). The summed E-state index contributed by atoms with van der Waals surface area (Å²) in [6, 6.07) is 5.70. The average molecular weight is 259 g/mol. The van der Waals surface area contributed by atoms with Crippen molar-refractivity contribution in [3.63, 3.8) is 0 Å². The van der Waals surface area contributed by atoms with Crippen LogP contribution in [0.25, 0.3) is 10.9 Å². The van der Waals surface area contributed by atoms with Gasteiger partial charge in [-0.3, -0.25) is 4.79 Å². The molecule has 0 aliphatic carbocycles. The Labute approximate surface area is 112 Å². The molecular weight excluding hydrogens is 242 g/mol. The van der Waals surface area contributed by atoms with E-state index in [-0.39, 0.29) is 5.91 Å². The highest BCUT2D eigenvalue weighted by Gasteiger charge is 2.05. The van der Waals surface area contributed by atoms with E-state index >= 15 is 0 Å². The normalized spacial score (nSPS) is 10.4. The van der Waals surface area contributed by atoms with Gasteiger partial charge in [0.2, 0.25) is 5.91 Å². The number of ether oxygens (including phenoxy) is 1. The monoisotopic (exact) mass is 259 g/mol. The number of methoxy groups -OCH3 is 1. The first-order valence-corrected chi connectivity index (χ1v) is 6.29. The van der Waals surface area contributed by atoms with Crippen molar-refractivity contribution in [2.45, 2.75) is 19.8 Å². The summed E-state index contributed by atoms with van der Waals surface area (Å²) in [5, 5.41) is 3.81. The molecule has 0 unspecified atom stereocenters. The van der Waals surface area contributed by atoms with Crippen LogP contribution in [0.4, 0.5) is 0 Å². The van der Waals surface area contributed by atoms with E-state index in [1.807, 2.05) is 25.1 Å². The Morgan fingerprint density at radius 2 is 2.21 bits per heavy atom. The average Bonchev–Trinajstić information content (AvgIpc) is 2.46. The van der Waals surface area contributed by atoms with Gasteiger partial charge in [-0.1, -0.05) is 6.92 Å². The molecule has 19 heavy (non-hydrogen) atoms. The molecule has 0 spiro atoms. The van der Waals surface area contributed by atoms with E-state index in [1.165, 1.54) is 0 Å². The summed E-state index contributed by atoms with van der Waals surface area (Å²) < 4.78 is 5.21. The zero-order valence-corrected chi connectivity index (χ0v) is 11.1. The Hall–Kier alpha value is -2.17. The van der Waals surface area contributed by atoms with Gasteiger partial charge in [-0.05, 0) is 18.2 Å². The van der Waals surface area contributed by atoms with Gasteiger partial charge in [-0.25, -0.2) is 9.97 Å². The minimum atomic E-state index is 0.0518. The van der Waals surface area contributed by atoms with E-state index in [0.717, 1.165) is 22.3 Å². The fraction of sp³-hybridized carbons (Fsp3) is 0.357. The van der Waals surface area contributed by atoms with E-state index in [9.17, 15) is 4.79 Å². The van der Waals surface area contributed by atoms with Gasteiger partial charge < -0.3 is 10.1 Å². The van der Waals surface area contributed by atoms with Crippen LogP contribution < -0.4 is 10.1 Å². The molecular formula is C14H17N3O2. The van der Waals surface area contributed by atoms with Crippen LogP contribution in [-0.4, -0.2) is 29.5 Å². The number of nitrogens with one attached hydrogen (secondary N) is 1. The van der Waals surface area contributed by atoms with E-state index in [0.29, 0.717) is 19.4 Å². The number of hydrogen-bond acceptors (Lipinski definition) is 4. The molecule has 5 heteroatoms. The third kappa shape index (κ3) is 3.19. The van der Waals surface area contributed by atoms with Crippen LogP contribution in [0, 0.1) is 0 Å². The van der Waals surface area contributed by atoms with Crippen molar-refractivity contribution in [2.24, 2.45) is 0 Å². The number of nitrogens with zero attached hydrogens (tertiary/aromatic N) is 2. The largest absolute Gasteiger partial charge is 0.497 e. The van der Waals surface area contributed by atoms with Gasteiger partial charge in [0.15, 0.2) is 0 Å². The summed E-state index contributed by atoms with van der Waals surface area (Å²) in [5.41, 5.74) is 1.80. The summed E-state index contributed by atoms with van der Waals surface area (Å²) in [5.74, 6) is 0.831. The first-order valence-electron chi connectivity index (χ1n) is 6.29. The van der Waals surface area contributed by atoms with E-state index in [4.69, 9.17) is 4.74 Å². The molecule has 1 N–H and O–H groups in total. The highest BCUT2D eigenvalue weighted by atomic mass is 16.5. The lowest BCUT2D eigenvalue weighted by atomic mass is 10.1. The van der Waals surface area contributed by atoms with Gasteiger partial charge >= 0.3 is 0 Å². The molecule has 5 nitrogen and oxygen atoms in total. The Balaban J connectivity index is 2.19. The molecule has 0 radical (unpaired) electrons. The van der Waals surface area contributed by atoms with Gasteiger partial charge in [-0.2, -0.15) is 0 Å². The SMILES string of the molecule is CCC(=O)NCCc1ncnc2ccc(OC)cc12. The number of carbonyl (C=O) groups excluding carboxylic acids is 1. The van der Waals surface area contributed by atoms with Gasteiger partial charge in [0.05, 0.1) is 18.3 Å². The minimum absolute atomic E-state index is 0.0518. The zero-order chi connectivity index (χ0) is 13.7. The second kappa shape index (κ2) is 6.13. The van der Waals surface area contributed by atoms with Gasteiger partial charge in [-0.15, -0.1) is 0 Å². The summed E-state index contributed by atoms with van der Waals surface area (Å²) >= 11 is 0. The molecule has 0 fully saturated rings. The third-order valence-electron chi connectivity index (χ3n) is 2.93. The molecule has 0 bridgehead atoms. The fourth-order valence-corrected chi connectivity index (χ4v) is 1.86. The number of hydrogen-bond donors (Lipinski definition) is 1. The number of amides is 1. The molecule has 2 aromatic rings. The van der Waals surface area contributed by atoms with Crippen molar-refractivity contribution < 1.29 is 9.53 Å². The predicted molar refractivity (Wildman–Crippen MR) is 73.1 cm³/mol. The molecule has 1 aromatic carbocycles. The number of benzene rings is 1. The second-order valence-electron chi connectivity index (χ2n) is 4.16. The smallest absolute Gasteiger partial charge is 0.219 e. The molecule has 0 aliphatic rings. The molecule has 0 aliphatic heterocycles. The molecule has 0 saturated heterocycles. The predicted octanol–water partition coefficient (Wildman–Crippen LogP) is 1.71. The van der Waals surface area contributed by atoms with E-state index < -0.39 is 0 Å². The minimum Gasteiger partial charge on any atom is -0.497 e. The van der Waals surface area contributed by atoms with E-state index in [1.54, 1.807) is 13.4 Å². The topological polar surface area (TPSA) is 64.1 Å².